The van der Waals surface area contributed by atoms with Crippen LogP contribution < -0.4 is 10.6 Å². The molecule has 2 aliphatic carbocycles. The molecule has 0 aromatic carbocycles. The van der Waals surface area contributed by atoms with Gasteiger partial charge in [0.1, 0.15) is 0 Å². The fraction of sp³-hybridized carbons (Fsp3) is 1.00. The third-order valence-electron chi connectivity index (χ3n) is 6.63. The molecule has 0 saturated heterocycles. The Hall–Kier alpha value is -0.0800. The predicted octanol–water partition coefficient (Wildman–Crippen LogP) is 5.56. The molecule has 2 fully saturated rings. The summed E-state index contributed by atoms with van der Waals surface area (Å²) in [4.78, 5) is 0. The van der Waals surface area contributed by atoms with Gasteiger partial charge in [0.2, 0.25) is 0 Å². The standard InChI is InChI=1S/C21H42N2/c1-5-18(3)22-20(13-9-7-10-14-20)17-21(23-19(4)6-2)15-11-8-12-16-21/h18-19,22-23H,5-17H2,1-4H3. The second kappa shape index (κ2) is 8.85. The Morgan fingerprint density at radius 2 is 1.00 bits per heavy atom. The molecule has 0 heterocycles. The maximum absolute atomic E-state index is 4.11. The van der Waals surface area contributed by atoms with Crippen molar-refractivity contribution < 1.29 is 0 Å². The molecule has 2 saturated carbocycles. The highest BCUT2D eigenvalue weighted by molar-refractivity contribution is 5.03. The van der Waals surface area contributed by atoms with Gasteiger partial charge in [0.15, 0.2) is 0 Å². The van der Waals surface area contributed by atoms with Crippen LogP contribution >= 0.6 is 0 Å². The predicted molar refractivity (Wildman–Crippen MR) is 102 cm³/mol. The van der Waals surface area contributed by atoms with E-state index < -0.39 is 0 Å². The van der Waals surface area contributed by atoms with E-state index in [-0.39, 0.29) is 0 Å². The summed E-state index contributed by atoms with van der Waals surface area (Å²) in [5, 5.41) is 8.21. The Morgan fingerprint density at radius 3 is 1.30 bits per heavy atom. The monoisotopic (exact) mass is 322 g/mol. The maximum Gasteiger partial charge on any atom is 0.0201 e. The van der Waals surface area contributed by atoms with Gasteiger partial charge in [-0.25, -0.2) is 0 Å². The molecule has 2 nitrogen and oxygen atoms in total. The van der Waals surface area contributed by atoms with Crippen molar-refractivity contribution in [1.29, 1.82) is 0 Å². The maximum atomic E-state index is 4.11. The molecule has 2 N–H and O–H groups in total. The highest BCUT2D eigenvalue weighted by Gasteiger charge is 2.43. The highest BCUT2D eigenvalue weighted by Crippen LogP contribution is 2.41. The van der Waals surface area contributed by atoms with Crippen molar-refractivity contribution in [2.45, 2.75) is 134 Å². The molecule has 136 valence electrons. The van der Waals surface area contributed by atoms with Crippen LogP contribution in [0.2, 0.25) is 0 Å². The molecule has 0 aliphatic heterocycles. The molecule has 0 spiro atoms. The first kappa shape index (κ1) is 19.2. The number of nitrogens with one attached hydrogen (secondary N) is 2. The first-order valence-corrected chi connectivity index (χ1v) is 10.6. The SMILES string of the molecule is CCC(C)NC1(CC2(NC(C)CC)CCCCC2)CCCCC1. The zero-order chi connectivity index (χ0) is 16.8. The van der Waals surface area contributed by atoms with Gasteiger partial charge < -0.3 is 10.6 Å². The van der Waals surface area contributed by atoms with Gasteiger partial charge in [-0.3, -0.25) is 0 Å². The largest absolute Gasteiger partial charge is 0.309 e. The van der Waals surface area contributed by atoms with Crippen molar-refractivity contribution >= 4 is 0 Å². The zero-order valence-electron chi connectivity index (χ0n) is 16.3. The fourth-order valence-electron chi connectivity index (χ4n) is 5.10. The van der Waals surface area contributed by atoms with E-state index >= 15 is 0 Å². The fourth-order valence-corrected chi connectivity index (χ4v) is 5.10. The van der Waals surface area contributed by atoms with E-state index in [4.69, 9.17) is 0 Å². The third-order valence-corrected chi connectivity index (χ3v) is 6.63. The number of hydrogen-bond acceptors (Lipinski definition) is 2. The average Bonchev–Trinajstić information content (AvgIpc) is 2.55. The molecule has 2 rings (SSSR count). The second-order valence-corrected chi connectivity index (χ2v) is 8.77. The Balaban J connectivity index is 2.14. The first-order valence-electron chi connectivity index (χ1n) is 10.6. The summed E-state index contributed by atoms with van der Waals surface area (Å²) in [5.74, 6) is 0. The first-order chi connectivity index (χ1) is 11.0. The number of rotatable bonds is 8. The van der Waals surface area contributed by atoms with Crippen LogP contribution in [0, 0.1) is 0 Å². The lowest BCUT2D eigenvalue weighted by Crippen LogP contribution is -2.60. The molecule has 2 atom stereocenters. The molecule has 2 heteroatoms. The molecule has 0 amide bonds. The van der Waals surface area contributed by atoms with Gasteiger partial charge in [-0.15, -0.1) is 0 Å². The van der Waals surface area contributed by atoms with Crippen LogP contribution in [0.3, 0.4) is 0 Å². The summed E-state index contributed by atoms with van der Waals surface area (Å²) in [7, 11) is 0. The van der Waals surface area contributed by atoms with Gasteiger partial charge in [-0.1, -0.05) is 52.4 Å². The van der Waals surface area contributed by atoms with Crippen LogP contribution in [0.5, 0.6) is 0 Å². The summed E-state index contributed by atoms with van der Waals surface area (Å²) in [6, 6.07) is 1.30. The van der Waals surface area contributed by atoms with Crippen molar-refractivity contribution in [2.75, 3.05) is 0 Å². The van der Waals surface area contributed by atoms with E-state index in [1.54, 1.807) is 0 Å². The lowest BCUT2D eigenvalue weighted by molar-refractivity contribution is 0.1000. The number of hydrogen-bond donors (Lipinski definition) is 2. The molecular formula is C21H42N2. The van der Waals surface area contributed by atoms with Crippen LogP contribution in [0.25, 0.3) is 0 Å². The molecule has 2 unspecified atom stereocenters. The molecule has 0 aromatic rings. The van der Waals surface area contributed by atoms with Crippen molar-refractivity contribution in [3.05, 3.63) is 0 Å². The molecule has 23 heavy (non-hydrogen) atoms. The summed E-state index contributed by atoms with van der Waals surface area (Å²) < 4.78 is 0. The van der Waals surface area contributed by atoms with E-state index in [0.717, 1.165) is 0 Å². The van der Waals surface area contributed by atoms with Crippen molar-refractivity contribution in [3.8, 4) is 0 Å². The Kier molecular flexibility index (Phi) is 7.41. The van der Waals surface area contributed by atoms with E-state index in [1.807, 2.05) is 0 Å². The lowest BCUT2D eigenvalue weighted by atomic mass is 9.68. The van der Waals surface area contributed by atoms with Gasteiger partial charge in [-0.05, 0) is 58.8 Å². The molecule has 0 radical (unpaired) electrons. The van der Waals surface area contributed by atoms with Gasteiger partial charge in [0, 0.05) is 23.2 Å². The van der Waals surface area contributed by atoms with E-state index in [0.29, 0.717) is 23.2 Å². The normalized spacial score (nSPS) is 26.6. The quantitative estimate of drug-likeness (QED) is 0.611. The smallest absolute Gasteiger partial charge is 0.0201 e. The molecule has 2 aliphatic rings. The minimum absolute atomic E-state index is 0.394. The van der Waals surface area contributed by atoms with Gasteiger partial charge in [0.25, 0.3) is 0 Å². The van der Waals surface area contributed by atoms with Crippen LogP contribution in [-0.2, 0) is 0 Å². The van der Waals surface area contributed by atoms with E-state index in [9.17, 15) is 0 Å². The van der Waals surface area contributed by atoms with Crippen LogP contribution in [0.15, 0.2) is 0 Å². The highest BCUT2D eigenvalue weighted by atomic mass is 15.1. The Bertz CT molecular complexity index is 295. The Labute approximate surface area is 145 Å². The van der Waals surface area contributed by atoms with E-state index in [2.05, 4.69) is 38.3 Å². The Morgan fingerprint density at radius 1 is 0.652 bits per heavy atom. The molecule has 0 aromatic heterocycles. The average molecular weight is 323 g/mol. The van der Waals surface area contributed by atoms with Crippen LogP contribution in [0.4, 0.5) is 0 Å². The van der Waals surface area contributed by atoms with Crippen molar-refractivity contribution in [1.82, 2.24) is 10.6 Å². The summed E-state index contributed by atoms with van der Waals surface area (Å²) in [5.41, 5.74) is 0.789. The zero-order valence-corrected chi connectivity index (χ0v) is 16.3. The summed E-state index contributed by atoms with van der Waals surface area (Å²) >= 11 is 0. The van der Waals surface area contributed by atoms with E-state index in [1.165, 1.54) is 83.5 Å². The van der Waals surface area contributed by atoms with Crippen molar-refractivity contribution in [2.24, 2.45) is 0 Å². The van der Waals surface area contributed by atoms with Gasteiger partial charge in [0.05, 0.1) is 0 Å². The van der Waals surface area contributed by atoms with Crippen LogP contribution in [0.1, 0.15) is 111 Å². The molecular weight excluding hydrogens is 280 g/mol. The topological polar surface area (TPSA) is 24.1 Å². The molecule has 0 bridgehead atoms. The summed E-state index contributed by atoms with van der Waals surface area (Å²) in [6.07, 6.45) is 18.0. The minimum atomic E-state index is 0.394. The third kappa shape index (κ3) is 5.46. The second-order valence-electron chi connectivity index (χ2n) is 8.77. The van der Waals surface area contributed by atoms with Gasteiger partial charge in [-0.2, -0.15) is 0 Å². The van der Waals surface area contributed by atoms with Crippen LogP contribution in [-0.4, -0.2) is 23.2 Å². The minimum Gasteiger partial charge on any atom is -0.309 e. The van der Waals surface area contributed by atoms with Gasteiger partial charge >= 0.3 is 0 Å². The summed E-state index contributed by atoms with van der Waals surface area (Å²) in [6.45, 7) is 9.40. The lowest BCUT2D eigenvalue weighted by Gasteiger charge is -2.50. The van der Waals surface area contributed by atoms with Crippen molar-refractivity contribution in [3.63, 3.8) is 0 Å².